The Bertz CT molecular complexity index is 577. The standard InChI is InChI=1S/C14H13BrFNS/c15-10-4-3-9(7-11(10)16)12-5-6-13(18-12)14(17)8-1-2-8/h3-8,14H,1-2,17H2. The highest BCUT2D eigenvalue weighted by Gasteiger charge is 2.30. The first-order chi connectivity index (χ1) is 8.65. The maximum absolute atomic E-state index is 13.5. The number of rotatable bonds is 3. The Balaban J connectivity index is 1.89. The average molecular weight is 326 g/mol. The monoisotopic (exact) mass is 325 g/mol. The van der Waals surface area contributed by atoms with Crippen LogP contribution in [0, 0.1) is 11.7 Å². The molecule has 0 aliphatic heterocycles. The maximum Gasteiger partial charge on any atom is 0.138 e. The van der Waals surface area contributed by atoms with Crippen molar-refractivity contribution in [3.63, 3.8) is 0 Å². The summed E-state index contributed by atoms with van der Waals surface area (Å²) in [5, 5.41) is 0. The average Bonchev–Trinajstić information content (AvgIpc) is 3.09. The van der Waals surface area contributed by atoms with Gasteiger partial charge in [-0.25, -0.2) is 4.39 Å². The van der Waals surface area contributed by atoms with Crippen LogP contribution in [0.15, 0.2) is 34.8 Å². The van der Waals surface area contributed by atoms with Gasteiger partial charge in [0.15, 0.2) is 0 Å². The van der Waals surface area contributed by atoms with Crippen molar-refractivity contribution in [2.24, 2.45) is 11.7 Å². The van der Waals surface area contributed by atoms with Crippen molar-refractivity contribution in [3.05, 3.63) is 45.5 Å². The van der Waals surface area contributed by atoms with Crippen LogP contribution >= 0.6 is 27.3 Å². The van der Waals surface area contributed by atoms with E-state index in [2.05, 4.69) is 22.0 Å². The summed E-state index contributed by atoms with van der Waals surface area (Å²) in [4.78, 5) is 2.28. The lowest BCUT2D eigenvalue weighted by atomic mass is 10.1. The van der Waals surface area contributed by atoms with Gasteiger partial charge in [-0.05, 0) is 64.5 Å². The second-order valence-corrected chi connectivity index (χ2v) is 6.66. The molecule has 0 saturated heterocycles. The van der Waals surface area contributed by atoms with E-state index in [-0.39, 0.29) is 11.9 Å². The van der Waals surface area contributed by atoms with E-state index in [1.54, 1.807) is 23.5 Å². The fourth-order valence-electron chi connectivity index (χ4n) is 2.02. The largest absolute Gasteiger partial charge is 0.323 e. The lowest BCUT2D eigenvalue weighted by Crippen LogP contribution is -2.10. The van der Waals surface area contributed by atoms with Crippen LogP contribution in [0.5, 0.6) is 0 Å². The number of hydrogen-bond donors (Lipinski definition) is 1. The van der Waals surface area contributed by atoms with Crippen LogP contribution in [0.2, 0.25) is 0 Å². The van der Waals surface area contributed by atoms with Crippen molar-refractivity contribution in [1.29, 1.82) is 0 Å². The topological polar surface area (TPSA) is 26.0 Å². The normalized spacial score (nSPS) is 16.8. The molecule has 18 heavy (non-hydrogen) atoms. The molecule has 0 spiro atoms. The molecule has 1 nitrogen and oxygen atoms in total. The molecular formula is C14H13BrFNS. The third-order valence-electron chi connectivity index (χ3n) is 3.29. The van der Waals surface area contributed by atoms with Gasteiger partial charge in [0.05, 0.1) is 4.47 Å². The first kappa shape index (κ1) is 12.3. The molecule has 1 atom stereocenters. The van der Waals surface area contributed by atoms with Crippen molar-refractivity contribution in [1.82, 2.24) is 0 Å². The van der Waals surface area contributed by atoms with E-state index in [0.29, 0.717) is 10.4 Å². The minimum atomic E-state index is -0.228. The van der Waals surface area contributed by atoms with Crippen LogP contribution < -0.4 is 5.73 Å². The summed E-state index contributed by atoms with van der Waals surface area (Å²) < 4.78 is 14.0. The maximum atomic E-state index is 13.5. The summed E-state index contributed by atoms with van der Waals surface area (Å²) in [5.74, 6) is 0.423. The third-order valence-corrected chi connectivity index (χ3v) is 5.17. The molecule has 1 aliphatic rings. The number of nitrogens with two attached hydrogens (primary N) is 1. The lowest BCUT2D eigenvalue weighted by molar-refractivity contribution is 0.622. The van der Waals surface area contributed by atoms with Crippen LogP contribution in [-0.2, 0) is 0 Å². The van der Waals surface area contributed by atoms with Gasteiger partial charge in [0, 0.05) is 15.8 Å². The van der Waals surface area contributed by atoms with Crippen molar-refractivity contribution in [2.45, 2.75) is 18.9 Å². The number of benzene rings is 1. The van der Waals surface area contributed by atoms with Crippen LogP contribution in [0.3, 0.4) is 0 Å². The molecule has 3 rings (SSSR count). The summed E-state index contributed by atoms with van der Waals surface area (Å²) >= 11 is 4.84. The summed E-state index contributed by atoms with van der Waals surface area (Å²) in [6, 6.07) is 9.48. The van der Waals surface area contributed by atoms with E-state index < -0.39 is 0 Å². The molecule has 1 aromatic heterocycles. The van der Waals surface area contributed by atoms with Gasteiger partial charge in [-0.1, -0.05) is 6.07 Å². The molecule has 0 amide bonds. The van der Waals surface area contributed by atoms with Gasteiger partial charge in [-0.3, -0.25) is 0 Å². The zero-order valence-corrected chi connectivity index (χ0v) is 12.1. The Hall–Kier alpha value is -0.710. The molecule has 94 valence electrons. The summed E-state index contributed by atoms with van der Waals surface area (Å²) in [6.07, 6.45) is 2.47. The summed E-state index contributed by atoms with van der Waals surface area (Å²) in [7, 11) is 0. The summed E-state index contributed by atoms with van der Waals surface area (Å²) in [5.41, 5.74) is 7.09. The SMILES string of the molecule is NC(c1ccc(-c2ccc(Br)c(F)c2)s1)C1CC1. The molecule has 4 heteroatoms. The van der Waals surface area contributed by atoms with Gasteiger partial charge >= 0.3 is 0 Å². The summed E-state index contributed by atoms with van der Waals surface area (Å²) in [6.45, 7) is 0. The lowest BCUT2D eigenvalue weighted by Gasteiger charge is -2.06. The first-order valence-corrected chi connectivity index (χ1v) is 7.57. The van der Waals surface area contributed by atoms with Crippen molar-refractivity contribution in [2.75, 3.05) is 0 Å². The molecule has 1 saturated carbocycles. The van der Waals surface area contributed by atoms with Gasteiger partial charge in [0.25, 0.3) is 0 Å². The zero-order chi connectivity index (χ0) is 12.7. The van der Waals surface area contributed by atoms with Gasteiger partial charge in [-0.15, -0.1) is 11.3 Å². The Morgan fingerprint density at radius 2 is 2.06 bits per heavy atom. The quantitative estimate of drug-likeness (QED) is 0.867. The van der Waals surface area contributed by atoms with Crippen molar-refractivity contribution < 1.29 is 4.39 Å². The van der Waals surface area contributed by atoms with Crippen LogP contribution in [-0.4, -0.2) is 0 Å². The van der Waals surface area contributed by atoms with E-state index in [0.717, 1.165) is 10.4 Å². The van der Waals surface area contributed by atoms with Crippen molar-refractivity contribution in [3.8, 4) is 10.4 Å². The predicted octanol–water partition coefficient (Wildman–Crippen LogP) is 4.73. The molecule has 2 aromatic rings. The molecule has 0 bridgehead atoms. The number of thiophene rings is 1. The Kier molecular flexibility index (Phi) is 3.26. The molecule has 1 heterocycles. The fourth-order valence-corrected chi connectivity index (χ4v) is 3.37. The predicted molar refractivity (Wildman–Crippen MR) is 77.1 cm³/mol. The molecule has 1 aliphatic carbocycles. The molecule has 1 unspecified atom stereocenters. The minimum Gasteiger partial charge on any atom is -0.323 e. The van der Waals surface area contributed by atoms with E-state index in [9.17, 15) is 4.39 Å². The Labute approximate surface area is 118 Å². The van der Waals surface area contributed by atoms with E-state index in [1.165, 1.54) is 17.7 Å². The van der Waals surface area contributed by atoms with E-state index in [4.69, 9.17) is 5.73 Å². The van der Waals surface area contributed by atoms with E-state index in [1.807, 2.05) is 12.1 Å². The molecular weight excluding hydrogens is 313 g/mol. The second-order valence-electron chi connectivity index (χ2n) is 4.69. The van der Waals surface area contributed by atoms with Crippen LogP contribution in [0.4, 0.5) is 4.39 Å². The van der Waals surface area contributed by atoms with Gasteiger partial charge in [0.1, 0.15) is 5.82 Å². The molecule has 0 radical (unpaired) electrons. The smallest absolute Gasteiger partial charge is 0.138 e. The molecule has 1 aromatic carbocycles. The highest BCUT2D eigenvalue weighted by atomic mass is 79.9. The van der Waals surface area contributed by atoms with Crippen LogP contribution in [0.1, 0.15) is 23.8 Å². The van der Waals surface area contributed by atoms with Crippen molar-refractivity contribution >= 4 is 27.3 Å². The highest BCUT2D eigenvalue weighted by Crippen LogP contribution is 2.42. The third kappa shape index (κ3) is 2.37. The van der Waals surface area contributed by atoms with Gasteiger partial charge in [-0.2, -0.15) is 0 Å². The number of hydrogen-bond acceptors (Lipinski definition) is 2. The van der Waals surface area contributed by atoms with E-state index >= 15 is 0 Å². The Morgan fingerprint density at radius 1 is 1.28 bits per heavy atom. The fraction of sp³-hybridized carbons (Fsp3) is 0.286. The second kappa shape index (κ2) is 4.76. The van der Waals surface area contributed by atoms with Gasteiger partial charge < -0.3 is 5.73 Å². The first-order valence-electron chi connectivity index (χ1n) is 5.96. The Morgan fingerprint density at radius 3 is 2.72 bits per heavy atom. The molecule has 2 N–H and O–H groups in total. The number of halogens is 2. The molecule has 1 fully saturated rings. The van der Waals surface area contributed by atoms with Gasteiger partial charge in [0.2, 0.25) is 0 Å². The van der Waals surface area contributed by atoms with Crippen LogP contribution in [0.25, 0.3) is 10.4 Å². The minimum absolute atomic E-state index is 0.157. The zero-order valence-electron chi connectivity index (χ0n) is 9.70. The highest BCUT2D eigenvalue weighted by molar-refractivity contribution is 9.10.